The molecule has 0 aromatic carbocycles. The fraction of sp³-hybridized carbons (Fsp3) is 0.919. The average Bonchev–Trinajstić information content (AvgIpc) is 3.32. The van der Waals surface area contributed by atoms with Gasteiger partial charge in [0.1, 0.15) is 42.7 Å². The molecule has 2 bridgehead atoms. The van der Waals surface area contributed by atoms with Gasteiger partial charge in [0, 0.05) is 5.57 Å². The van der Waals surface area contributed by atoms with Gasteiger partial charge in [0.2, 0.25) is 0 Å². The van der Waals surface area contributed by atoms with Gasteiger partial charge in [-0.2, -0.15) is 0 Å². The molecule has 0 unspecified atom stereocenters. The van der Waals surface area contributed by atoms with Gasteiger partial charge in [-0.05, 0) is 78.6 Å². The maximum Gasteiger partial charge on any atom is 0.192 e. The molecule has 0 spiro atoms. The molecule has 9 nitrogen and oxygen atoms in total. The summed E-state index contributed by atoms with van der Waals surface area (Å²) in [5.74, 6) is -0.281. The Balaban J connectivity index is 2.31. The normalized spacial score (nSPS) is 30.1. The Morgan fingerprint density at radius 2 is 1.10 bits per heavy atom. The maximum absolute atomic E-state index is 13.7. The lowest BCUT2D eigenvalue weighted by Crippen LogP contribution is -2.70. The van der Waals surface area contributed by atoms with E-state index >= 15 is 0 Å². The van der Waals surface area contributed by atoms with Crippen molar-refractivity contribution in [1.82, 2.24) is 0 Å². The first kappa shape index (κ1) is 44.4. The molecule has 292 valence electrons. The Hall–Kier alpha value is -0.0425. The van der Waals surface area contributed by atoms with Crippen LogP contribution in [0.2, 0.25) is 72.5 Å². The third kappa shape index (κ3) is 9.42. The second-order valence-electron chi connectivity index (χ2n) is 21.0. The minimum absolute atomic E-state index is 0.0278. The molecule has 3 aliphatic rings. The number of ketones is 1. The van der Waals surface area contributed by atoms with Crippen LogP contribution in [0.25, 0.3) is 0 Å². The molecule has 3 heterocycles. The lowest BCUT2D eigenvalue weighted by atomic mass is 9.87. The number of hydrogen-bond acceptors (Lipinski definition) is 9. The number of aliphatic hydroxyl groups is 1. The third-order valence-corrected chi connectivity index (χ3v) is 30.9. The van der Waals surface area contributed by atoms with E-state index < -0.39 is 82.3 Å². The topological polar surface area (TPSA) is 102 Å². The van der Waals surface area contributed by atoms with Crippen LogP contribution in [0.4, 0.5) is 0 Å². The SMILES string of the molecule is CC(C)(C)[Si](C)(C)OC[C@H]1O[C@@H]([C@H](O)C2=C[C@@H]3OC[C@@H](O3)C2=O)[C@H](O[Si](C)(C)C(C)(C)C)[C@@H](O[Si](C)(C)C(C)(C)C)[C@H]1O[Si](C)(C)C(C)(C)C. The molecule has 8 atom stereocenters. The van der Waals surface area contributed by atoms with Crippen LogP contribution >= 0.6 is 0 Å². The second-order valence-corrected chi connectivity index (χ2v) is 40.1. The summed E-state index contributed by atoms with van der Waals surface area (Å²) in [5.41, 5.74) is 0.247. The number of aliphatic hydroxyl groups excluding tert-OH is 1. The molecule has 1 N–H and O–H groups in total. The van der Waals surface area contributed by atoms with E-state index in [0.29, 0.717) is 0 Å². The lowest BCUT2D eigenvalue weighted by Gasteiger charge is -2.56. The van der Waals surface area contributed by atoms with Crippen LogP contribution < -0.4 is 0 Å². The number of fused-ring (bicyclic) bond motifs is 2. The van der Waals surface area contributed by atoms with Crippen molar-refractivity contribution < 1.29 is 41.8 Å². The van der Waals surface area contributed by atoms with Crippen molar-refractivity contribution in [3.63, 3.8) is 0 Å². The van der Waals surface area contributed by atoms with Gasteiger partial charge in [0.15, 0.2) is 45.3 Å². The zero-order valence-electron chi connectivity index (χ0n) is 35.3. The van der Waals surface area contributed by atoms with E-state index in [2.05, 4.69) is 135 Å². The summed E-state index contributed by atoms with van der Waals surface area (Å²) >= 11 is 0. The molecule has 2 fully saturated rings. The molecule has 0 aliphatic carbocycles. The molecule has 3 aliphatic heterocycles. The van der Waals surface area contributed by atoms with Crippen LogP contribution in [0.1, 0.15) is 83.1 Å². The zero-order chi connectivity index (χ0) is 38.8. The smallest absolute Gasteiger partial charge is 0.192 e. The number of rotatable bonds is 11. The van der Waals surface area contributed by atoms with Gasteiger partial charge >= 0.3 is 0 Å². The van der Waals surface area contributed by atoms with Gasteiger partial charge in [0.25, 0.3) is 0 Å². The number of ether oxygens (including phenoxy) is 3. The fourth-order valence-corrected chi connectivity index (χ4v) is 10.2. The summed E-state index contributed by atoms with van der Waals surface area (Å²) < 4.78 is 47.7. The zero-order valence-corrected chi connectivity index (χ0v) is 39.3. The summed E-state index contributed by atoms with van der Waals surface area (Å²) in [7, 11) is -9.68. The second kappa shape index (κ2) is 14.6. The van der Waals surface area contributed by atoms with E-state index in [4.69, 9.17) is 31.9 Å². The van der Waals surface area contributed by atoms with Crippen molar-refractivity contribution >= 4 is 39.1 Å². The Bertz CT molecular complexity index is 1240. The minimum atomic E-state index is -2.52. The first-order valence-corrected chi connectivity index (χ1v) is 30.3. The molecule has 13 heteroatoms. The molecule has 2 saturated heterocycles. The quantitative estimate of drug-likeness (QED) is 0.207. The average molecular weight is 775 g/mol. The summed E-state index contributed by atoms with van der Waals surface area (Å²) in [5, 5.41) is 12.0. The molecule has 0 amide bonds. The van der Waals surface area contributed by atoms with Gasteiger partial charge in [-0.3, -0.25) is 4.79 Å². The van der Waals surface area contributed by atoms with E-state index in [-0.39, 0.29) is 44.7 Å². The lowest BCUT2D eigenvalue weighted by molar-refractivity contribution is -0.233. The van der Waals surface area contributed by atoms with E-state index in [9.17, 15) is 9.90 Å². The first-order chi connectivity index (χ1) is 22.1. The monoisotopic (exact) mass is 774 g/mol. The molecular formula is C37H74O9Si4. The third-order valence-electron chi connectivity index (χ3n) is 13.0. The van der Waals surface area contributed by atoms with Crippen molar-refractivity contribution in [2.45, 2.75) is 205 Å². The van der Waals surface area contributed by atoms with Crippen molar-refractivity contribution in [3.05, 3.63) is 11.6 Å². The Morgan fingerprint density at radius 3 is 1.54 bits per heavy atom. The number of carbonyl (C=O) groups excluding carboxylic acids is 1. The van der Waals surface area contributed by atoms with E-state index in [1.807, 2.05) is 0 Å². The highest BCUT2D eigenvalue weighted by atomic mass is 28.4. The fourth-order valence-electron chi connectivity index (χ4n) is 5.28. The summed E-state index contributed by atoms with van der Waals surface area (Å²) in [6.45, 7) is 45.1. The summed E-state index contributed by atoms with van der Waals surface area (Å²) in [4.78, 5) is 13.7. The molecule has 3 rings (SSSR count). The van der Waals surface area contributed by atoms with Crippen molar-refractivity contribution in [2.75, 3.05) is 13.2 Å². The highest BCUT2D eigenvalue weighted by molar-refractivity contribution is 6.75. The summed E-state index contributed by atoms with van der Waals surface area (Å²) in [6, 6.07) is 0. The predicted molar refractivity (Wildman–Crippen MR) is 212 cm³/mol. The summed E-state index contributed by atoms with van der Waals surface area (Å²) in [6.07, 6.45) is -4.50. The Morgan fingerprint density at radius 1 is 0.680 bits per heavy atom. The largest absolute Gasteiger partial charge is 0.414 e. The number of carbonyl (C=O) groups is 1. The van der Waals surface area contributed by atoms with Crippen molar-refractivity contribution in [2.24, 2.45) is 0 Å². The minimum Gasteiger partial charge on any atom is -0.414 e. The molecule has 0 saturated carbocycles. The van der Waals surface area contributed by atoms with Gasteiger partial charge in [0.05, 0.1) is 13.2 Å². The molecule has 0 aromatic heterocycles. The van der Waals surface area contributed by atoms with Crippen molar-refractivity contribution in [3.8, 4) is 0 Å². The van der Waals surface area contributed by atoms with E-state index in [0.717, 1.165) is 0 Å². The maximum atomic E-state index is 13.7. The Kier molecular flexibility index (Phi) is 12.9. The van der Waals surface area contributed by atoms with Crippen molar-refractivity contribution in [1.29, 1.82) is 0 Å². The van der Waals surface area contributed by atoms with Crippen LogP contribution in [0.5, 0.6) is 0 Å². The van der Waals surface area contributed by atoms with Gasteiger partial charge in [-0.1, -0.05) is 83.1 Å². The number of hydrogen-bond donors (Lipinski definition) is 1. The van der Waals surface area contributed by atoms with Gasteiger partial charge < -0.3 is 37.0 Å². The molecule has 50 heavy (non-hydrogen) atoms. The van der Waals surface area contributed by atoms with Gasteiger partial charge in [-0.25, -0.2) is 0 Å². The first-order valence-electron chi connectivity index (χ1n) is 18.7. The standard InChI is InChI=1S/C37H74O9Si4/c1-34(2,3)47(13,14)41-23-26-30(44-48(15,16)35(4,5)6)32(45-49(17,18)36(7,8)9)33(46-50(19,20)37(10,11)12)31(43-26)29(39)24-21-27-40-22-25(42-27)28(24)38/h21,25-27,29-33,39H,22-23H2,1-20H3/t25-,26-,27-,29-,30+,31+,32+,33+/m1/s1. The van der Waals surface area contributed by atoms with E-state index in [1.54, 1.807) is 6.08 Å². The van der Waals surface area contributed by atoms with E-state index in [1.165, 1.54) is 0 Å². The van der Waals surface area contributed by atoms with Gasteiger partial charge in [-0.15, -0.1) is 0 Å². The highest BCUT2D eigenvalue weighted by Crippen LogP contribution is 2.47. The molecule has 0 aromatic rings. The Labute approximate surface area is 309 Å². The molecular weight excluding hydrogens is 701 g/mol. The predicted octanol–water partition coefficient (Wildman–Crippen LogP) is 8.56. The van der Waals surface area contributed by atoms with Crippen LogP contribution in [0, 0.1) is 0 Å². The van der Waals surface area contributed by atoms with Crippen LogP contribution in [0.15, 0.2) is 11.6 Å². The molecule has 0 radical (unpaired) electrons. The van der Waals surface area contributed by atoms with Crippen LogP contribution in [-0.2, 0) is 36.7 Å². The number of Topliss-reactive ketones (excluding diaryl/α,β-unsaturated/α-hetero) is 1. The van der Waals surface area contributed by atoms with Crippen LogP contribution in [-0.4, -0.2) is 106 Å². The van der Waals surface area contributed by atoms with Crippen LogP contribution in [0.3, 0.4) is 0 Å². The highest BCUT2D eigenvalue weighted by Gasteiger charge is 2.59.